The third-order valence-electron chi connectivity index (χ3n) is 3.84. The highest BCUT2D eigenvalue weighted by Crippen LogP contribution is 2.21. The van der Waals surface area contributed by atoms with Gasteiger partial charge in [0, 0.05) is 43.1 Å². The number of oxazole rings is 1. The van der Waals surface area contributed by atoms with E-state index in [2.05, 4.69) is 10.3 Å². The van der Waals surface area contributed by atoms with E-state index in [4.69, 9.17) is 9.15 Å². The number of aromatic nitrogens is 1. The molecule has 0 radical (unpaired) electrons. The van der Waals surface area contributed by atoms with Crippen molar-refractivity contribution in [3.8, 4) is 17.2 Å². The average Bonchev–Trinajstić information content (AvgIpc) is 3.11. The SMILES string of the molecule is COc1ccc(-c2nc(CCNC(=O)N3CCSCC3)co2)cc1. The van der Waals surface area contributed by atoms with Crippen LogP contribution in [0.1, 0.15) is 5.69 Å². The smallest absolute Gasteiger partial charge is 0.317 e. The van der Waals surface area contributed by atoms with Gasteiger partial charge in [-0.15, -0.1) is 0 Å². The van der Waals surface area contributed by atoms with Gasteiger partial charge in [0.2, 0.25) is 5.89 Å². The summed E-state index contributed by atoms with van der Waals surface area (Å²) in [4.78, 5) is 18.4. The van der Waals surface area contributed by atoms with Crippen molar-refractivity contribution >= 4 is 17.8 Å². The first-order chi connectivity index (χ1) is 11.8. The maximum Gasteiger partial charge on any atom is 0.317 e. The molecule has 1 saturated heterocycles. The van der Waals surface area contributed by atoms with Crippen molar-refractivity contribution < 1.29 is 13.9 Å². The van der Waals surface area contributed by atoms with Gasteiger partial charge in [-0.2, -0.15) is 11.8 Å². The Bertz CT molecular complexity index is 666. The van der Waals surface area contributed by atoms with Crippen LogP contribution in [0, 0.1) is 0 Å². The van der Waals surface area contributed by atoms with Crippen molar-refractivity contribution in [1.82, 2.24) is 15.2 Å². The summed E-state index contributed by atoms with van der Waals surface area (Å²) in [5, 5.41) is 2.94. The van der Waals surface area contributed by atoms with Gasteiger partial charge in [-0.1, -0.05) is 0 Å². The fraction of sp³-hybridized carbons (Fsp3) is 0.412. The highest BCUT2D eigenvalue weighted by atomic mass is 32.2. The molecule has 2 aromatic rings. The predicted molar refractivity (Wildman–Crippen MR) is 94.5 cm³/mol. The molecule has 2 amide bonds. The highest BCUT2D eigenvalue weighted by molar-refractivity contribution is 7.99. The Labute approximate surface area is 145 Å². The van der Waals surface area contributed by atoms with Gasteiger partial charge >= 0.3 is 6.03 Å². The molecule has 0 bridgehead atoms. The van der Waals surface area contributed by atoms with Gasteiger partial charge in [0.05, 0.1) is 12.8 Å². The van der Waals surface area contributed by atoms with Gasteiger partial charge in [0.15, 0.2) is 0 Å². The number of urea groups is 1. The molecule has 0 saturated carbocycles. The van der Waals surface area contributed by atoms with Crippen molar-refractivity contribution in [2.45, 2.75) is 6.42 Å². The van der Waals surface area contributed by atoms with E-state index in [1.165, 1.54) is 0 Å². The molecule has 7 heteroatoms. The minimum atomic E-state index is 0.00849. The first-order valence-electron chi connectivity index (χ1n) is 7.95. The monoisotopic (exact) mass is 347 g/mol. The first kappa shape index (κ1) is 16.7. The number of nitrogens with zero attached hydrogens (tertiary/aromatic N) is 2. The van der Waals surface area contributed by atoms with Crippen LogP contribution in [-0.2, 0) is 6.42 Å². The molecule has 3 rings (SSSR count). The maximum absolute atomic E-state index is 12.0. The maximum atomic E-state index is 12.0. The lowest BCUT2D eigenvalue weighted by Crippen LogP contribution is -2.44. The van der Waals surface area contributed by atoms with E-state index in [0.717, 1.165) is 41.6 Å². The molecule has 0 atom stereocenters. The number of methoxy groups -OCH3 is 1. The molecule has 6 nitrogen and oxygen atoms in total. The van der Waals surface area contributed by atoms with E-state index in [1.54, 1.807) is 13.4 Å². The standard InChI is InChI=1S/C17H21N3O3S/c1-22-15-4-2-13(3-5-15)16-19-14(12-23-16)6-7-18-17(21)20-8-10-24-11-9-20/h2-5,12H,6-11H2,1H3,(H,18,21). The third-order valence-corrected chi connectivity index (χ3v) is 4.79. The number of carbonyl (C=O) groups excluding carboxylic acids is 1. The van der Waals surface area contributed by atoms with E-state index in [1.807, 2.05) is 40.9 Å². The largest absolute Gasteiger partial charge is 0.497 e. The summed E-state index contributed by atoms with van der Waals surface area (Å²) in [5.74, 6) is 3.40. The molecular formula is C17H21N3O3S. The summed E-state index contributed by atoms with van der Waals surface area (Å²) in [5.41, 5.74) is 1.73. The van der Waals surface area contributed by atoms with Crippen molar-refractivity contribution in [1.29, 1.82) is 0 Å². The van der Waals surface area contributed by atoms with Crippen LogP contribution in [-0.4, -0.2) is 54.2 Å². The number of hydrogen-bond donors (Lipinski definition) is 1. The zero-order valence-corrected chi connectivity index (χ0v) is 14.5. The number of ether oxygens (including phenoxy) is 1. The minimum Gasteiger partial charge on any atom is -0.497 e. The van der Waals surface area contributed by atoms with Crippen LogP contribution in [0.3, 0.4) is 0 Å². The molecule has 1 N–H and O–H groups in total. The van der Waals surface area contributed by atoms with Gasteiger partial charge in [-0.05, 0) is 24.3 Å². The number of benzene rings is 1. The topological polar surface area (TPSA) is 67.6 Å². The van der Waals surface area contributed by atoms with Crippen molar-refractivity contribution in [3.05, 3.63) is 36.2 Å². The Morgan fingerprint density at radius 2 is 2.08 bits per heavy atom. The Kier molecular flexibility index (Phi) is 5.63. The summed E-state index contributed by atoms with van der Waals surface area (Å²) < 4.78 is 10.7. The number of thioether (sulfide) groups is 1. The minimum absolute atomic E-state index is 0.00849. The fourth-order valence-corrected chi connectivity index (χ4v) is 3.37. The quantitative estimate of drug-likeness (QED) is 0.901. The lowest BCUT2D eigenvalue weighted by Gasteiger charge is -2.26. The summed E-state index contributed by atoms with van der Waals surface area (Å²) in [6.07, 6.45) is 2.29. The molecule has 1 aromatic heterocycles. The second-order valence-electron chi connectivity index (χ2n) is 5.45. The second kappa shape index (κ2) is 8.10. The summed E-state index contributed by atoms with van der Waals surface area (Å²) in [6, 6.07) is 7.57. The lowest BCUT2D eigenvalue weighted by molar-refractivity contribution is 0.203. The zero-order valence-electron chi connectivity index (χ0n) is 13.7. The number of hydrogen-bond acceptors (Lipinski definition) is 5. The molecular weight excluding hydrogens is 326 g/mol. The average molecular weight is 347 g/mol. The summed E-state index contributed by atoms with van der Waals surface area (Å²) >= 11 is 1.89. The van der Waals surface area contributed by atoms with E-state index < -0.39 is 0 Å². The van der Waals surface area contributed by atoms with Gasteiger partial charge in [-0.25, -0.2) is 9.78 Å². The number of amides is 2. The number of rotatable bonds is 5. The molecule has 1 aliphatic heterocycles. The normalized spacial score (nSPS) is 14.5. The van der Waals surface area contributed by atoms with Crippen LogP contribution in [0.25, 0.3) is 11.5 Å². The molecule has 1 aromatic carbocycles. The number of carbonyl (C=O) groups is 1. The number of nitrogens with one attached hydrogen (secondary N) is 1. The summed E-state index contributed by atoms with van der Waals surface area (Å²) in [7, 11) is 1.63. The molecule has 128 valence electrons. The van der Waals surface area contributed by atoms with Gasteiger partial charge in [-0.3, -0.25) is 0 Å². The van der Waals surface area contributed by atoms with Gasteiger partial charge in [0.1, 0.15) is 12.0 Å². The van der Waals surface area contributed by atoms with E-state index in [-0.39, 0.29) is 6.03 Å². The van der Waals surface area contributed by atoms with Crippen LogP contribution in [0.15, 0.2) is 34.9 Å². The summed E-state index contributed by atoms with van der Waals surface area (Å²) in [6.45, 7) is 2.20. The fourth-order valence-electron chi connectivity index (χ4n) is 2.46. The molecule has 1 fully saturated rings. The van der Waals surface area contributed by atoms with Crippen molar-refractivity contribution in [2.75, 3.05) is 38.2 Å². The van der Waals surface area contributed by atoms with E-state index in [0.29, 0.717) is 18.9 Å². The van der Waals surface area contributed by atoms with E-state index >= 15 is 0 Å². The Balaban J connectivity index is 1.49. The van der Waals surface area contributed by atoms with Crippen LogP contribution in [0.4, 0.5) is 4.79 Å². The Morgan fingerprint density at radius 3 is 2.79 bits per heavy atom. The molecule has 0 unspecified atom stereocenters. The van der Waals surface area contributed by atoms with Crippen LogP contribution >= 0.6 is 11.8 Å². The molecule has 0 spiro atoms. The molecule has 24 heavy (non-hydrogen) atoms. The van der Waals surface area contributed by atoms with E-state index in [9.17, 15) is 4.79 Å². The third kappa shape index (κ3) is 4.23. The van der Waals surface area contributed by atoms with Gasteiger partial charge in [0.25, 0.3) is 0 Å². The predicted octanol–water partition coefficient (Wildman–Crippen LogP) is 2.65. The van der Waals surface area contributed by atoms with Gasteiger partial charge < -0.3 is 19.4 Å². The zero-order chi connectivity index (χ0) is 16.8. The molecule has 2 heterocycles. The van der Waals surface area contributed by atoms with Crippen LogP contribution < -0.4 is 10.1 Å². The Morgan fingerprint density at radius 1 is 1.33 bits per heavy atom. The second-order valence-corrected chi connectivity index (χ2v) is 6.68. The highest BCUT2D eigenvalue weighted by Gasteiger charge is 2.16. The Hall–Kier alpha value is -2.15. The lowest BCUT2D eigenvalue weighted by atomic mass is 10.2. The molecule has 0 aliphatic carbocycles. The first-order valence-corrected chi connectivity index (χ1v) is 9.11. The van der Waals surface area contributed by atoms with Crippen LogP contribution in [0.2, 0.25) is 0 Å². The van der Waals surface area contributed by atoms with Crippen molar-refractivity contribution in [2.24, 2.45) is 0 Å². The van der Waals surface area contributed by atoms with Crippen molar-refractivity contribution in [3.63, 3.8) is 0 Å². The molecule has 1 aliphatic rings. The van der Waals surface area contributed by atoms with Crippen LogP contribution in [0.5, 0.6) is 5.75 Å².